The standard InChI is InChI=1S/C17H36N2O2/c1-5-10-18(14-16(20)7-3)12-9-13-19(11-6-2)15-17(21)8-4/h9,12,16-17,20-21H,5-8,10-11,13-15H2,1-4H3. The summed E-state index contributed by atoms with van der Waals surface area (Å²) in [6, 6.07) is 0. The number of hydrogen-bond donors (Lipinski definition) is 2. The van der Waals surface area contributed by atoms with Gasteiger partial charge in [-0.3, -0.25) is 4.90 Å². The van der Waals surface area contributed by atoms with Gasteiger partial charge in [0.1, 0.15) is 0 Å². The minimum Gasteiger partial charge on any atom is -0.392 e. The monoisotopic (exact) mass is 300 g/mol. The van der Waals surface area contributed by atoms with Crippen LogP contribution in [0.5, 0.6) is 0 Å². The summed E-state index contributed by atoms with van der Waals surface area (Å²) in [5.74, 6) is 0. The highest BCUT2D eigenvalue weighted by atomic mass is 16.3. The summed E-state index contributed by atoms with van der Waals surface area (Å²) in [5, 5.41) is 19.6. The van der Waals surface area contributed by atoms with E-state index >= 15 is 0 Å². The fraction of sp³-hybridized carbons (Fsp3) is 0.882. The molecule has 2 atom stereocenters. The van der Waals surface area contributed by atoms with Crippen LogP contribution >= 0.6 is 0 Å². The van der Waals surface area contributed by atoms with Crippen LogP contribution in [0.4, 0.5) is 0 Å². The molecule has 0 aliphatic carbocycles. The average molecular weight is 300 g/mol. The van der Waals surface area contributed by atoms with Crippen molar-refractivity contribution in [3.05, 3.63) is 12.3 Å². The molecule has 126 valence electrons. The third kappa shape index (κ3) is 10.7. The van der Waals surface area contributed by atoms with E-state index in [4.69, 9.17) is 0 Å². The van der Waals surface area contributed by atoms with Crippen LogP contribution in [0.15, 0.2) is 12.3 Å². The molecule has 0 heterocycles. The SMILES string of the molecule is CCCN(C=CCN(CCC)CC(O)CC)CC(O)CC. The first kappa shape index (κ1) is 20.4. The maximum absolute atomic E-state index is 9.79. The number of rotatable bonds is 13. The highest BCUT2D eigenvalue weighted by molar-refractivity contribution is 4.87. The predicted molar refractivity (Wildman–Crippen MR) is 90.3 cm³/mol. The van der Waals surface area contributed by atoms with E-state index in [0.29, 0.717) is 6.54 Å². The van der Waals surface area contributed by atoms with Crippen molar-refractivity contribution in [1.29, 1.82) is 0 Å². The Balaban J connectivity index is 4.35. The minimum atomic E-state index is -0.255. The molecule has 0 amide bonds. The van der Waals surface area contributed by atoms with Crippen molar-refractivity contribution >= 4 is 0 Å². The summed E-state index contributed by atoms with van der Waals surface area (Å²) >= 11 is 0. The Morgan fingerprint density at radius 3 is 1.95 bits per heavy atom. The van der Waals surface area contributed by atoms with Gasteiger partial charge in [0.05, 0.1) is 12.2 Å². The lowest BCUT2D eigenvalue weighted by Gasteiger charge is -2.25. The van der Waals surface area contributed by atoms with Crippen LogP contribution < -0.4 is 0 Å². The lowest BCUT2D eigenvalue weighted by Crippen LogP contribution is -2.33. The van der Waals surface area contributed by atoms with Gasteiger partial charge in [0.2, 0.25) is 0 Å². The highest BCUT2D eigenvalue weighted by Crippen LogP contribution is 2.02. The smallest absolute Gasteiger partial charge is 0.0712 e. The summed E-state index contributed by atoms with van der Waals surface area (Å²) in [4.78, 5) is 4.47. The summed E-state index contributed by atoms with van der Waals surface area (Å²) in [6.07, 6.45) is 7.52. The molecule has 0 radical (unpaired) electrons. The Morgan fingerprint density at radius 2 is 1.43 bits per heavy atom. The zero-order chi connectivity index (χ0) is 16.1. The average Bonchev–Trinajstić information content (AvgIpc) is 2.47. The van der Waals surface area contributed by atoms with Crippen LogP contribution in [0.2, 0.25) is 0 Å². The molecule has 0 spiro atoms. The molecule has 4 nitrogen and oxygen atoms in total. The molecule has 21 heavy (non-hydrogen) atoms. The summed E-state index contributed by atoms with van der Waals surface area (Å²) < 4.78 is 0. The summed E-state index contributed by atoms with van der Waals surface area (Å²) in [5.41, 5.74) is 0. The lowest BCUT2D eigenvalue weighted by molar-refractivity contribution is 0.114. The third-order valence-corrected chi connectivity index (χ3v) is 3.59. The minimum absolute atomic E-state index is 0.237. The Hall–Kier alpha value is -0.580. The molecule has 0 bridgehead atoms. The quantitative estimate of drug-likeness (QED) is 0.548. The van der Waals surface area contributed by atoms with E-state index in [2.05, 4.69) is 35.9 Å². The van der Waals surface area contributed by atoms with Gasteiger partial charge in [-0.05, 0) is 38.4 Å². The topological polar surface area (TPSA) is 46.9 Å². The fourth-order valence-corrected chi connectivity index (χ4v) is 2.26. The number of nitrogens with zero attached hydrogens (tertiary/aromatic N) is 2. The fourth-order valence-electron chi connectivity index (χ4n) is 2.26. The van der Waals surface area contributed by atoms with Gasteiger partial charge in [0.25, 0.3) is 0 Å². The molecule has 0 saturated heterocycles. The normalized spacial score (nSPS) is 14.8. The molecule has 2 N–H and O–H groups in total. The van der Waals surface area contributed by atoms with Crippen molar-refractivity contribution in [1.82, 2.24) is 9.80 Å². The van der Waals surface area contributed by atoms with Crippen LogP contribution in [-0.4, -0.2) is 64.9 Å². The predicted octanol–water partition coefficient (Wildman–Crippen LogP) is 2.47. The molecule has 0 saturated carbocycles. The first-order valence-corrected chi connectivity index (χ1v) is 8.56. The second kappa shape index (κ2) is 13.1. The molecule has 4 heteroatoms. The van der Waals surface area contributed by atoms with Gasteiger partial charge >= 0.3 is 0 Å². The second-order valence-electron chi connectivity index (χ2n) is 5.76. The van der Waals surface area contributed by atoms with Gasteiger partial charge in [-0.25, -0.2) is 0 Å². The first-order valence-electron chi connectivity index (χ1n) is 8.56. The molecular weight excluding hydrogens is 264 g/mol. The van der Waals surface area contributed by atoms with Crippen LogP contribution in [0.1, 0.15) is 53.4 Å². The molecule has 0 rings (SSSR count). The Bertz CT molecular complexity index is 259. The second-order valence-corrected chi connectivity index (χ2v) is 5.76. The largest absolute Gasteiger partial charge is 0.392 e. The Morgan fingerprint density at radius 1 is 0.857 bits per heavy atom. The van der Waals surface area contributed by atoms with Gasteiger partial charge in [-0.2, -0.15) is 0 Å². The van der Waals surface area contributed by atoms with Gasteiger partial charge in [-0.15, -0.1) is 0 Å². The van der Waals surface area contributed by atoms with E-state index in [1.807, 2.05) is 13.8 Å². The number of hydrogen-bond acceptors (Lipinski definition) is 4. The Kier molecular flexibility index (Phi) is 12.7. The molecule has 2 unspecified atom stereocenters. The zero-order valence-electron chi connectivity index (χ0n) is 14.5. The van der Waals surface area contributed by atoms with Crippen molar-refractivity contribution in [2.24, 2.45) is 0 Å². The third-order valence-electron chi connectivity index (χ3n) is 3.59. The van der Waals surface area contributed by atoms with E-state index in [9.17, 15) is 10.2 Å². The maximum Gasteiger partial charge on any atom is 0.0712 e. The van der Waals surface area contributed by atoms with Crippen molar-refractivity contribution in [3.63, 3.8) is 0 Å². The highest BCUT2D eigenvalue weighted by Gasteiger charge is 2.09. The van der Waals surface area contributed by atoms with Crippen LogP contribution in [0.3, 0.4) is 0 Å². The number of aliphatic hydroxyl groups excluding tert-OH is 2. The zero-order valence-corrected chi connectivity index (χ0v) is 14.5. The van der Waals surface area contributed by atoms with Gasteiger partial charge in [0.15, 0.2) is 0 Å². The van der Waals surface area contributed by atoms with E-state index in [1.165, 1.54) is 0 Å². The van der Waals surface area contributed by atoms with E-state index in [1.54, 1.807) is 0 Å². The molecule has 0 fully saturated rings. The van der Waals surface area contributed by atoms with Crippen molar-refractivity contribution < 1.29 is 10.2 Å². The molecule has 0 aromatic heterocycles. The Labute approximate surface area is 131 Å². The van der Waals surface area contributed by atoms with Gasteiger partial charge in [0, 0.05) is 26.2 Å². The summed E-state index contributed by atoms with van der Waals surface area (Å²) in [6.45, 7) is 12.6. The summed E-state index contributed by atoms with van der Waals surface area (Å²) in [7, 11) is 0. The van der Waals surface area contributed by atoms with Crippen molar-refractivity contribution in [2.75, 3.05) is 32.7 Å². The van der Waals surface area contributed by atoms with Crippen LogP contribution in [0, 0.1) is 0 Å². The lowest BCUT2D eigenvalue weighted by atomic mass is 10.2. The molecule has 0 aromatic carbocycles. The number of aliphatic hydroxyl groups is 2. The van der Waals surface area contributed by atoms with Gasteiger partial charge < -0.3 is 15.1 Å². The maximum atomic E-state index is 9.79. The van der Waals surface area contributed by atoms with Gasteiger partial charge in [-0.1, -0.05) is 33.8 Å². The van der Waals surface area contributed by atoms with Crippen molar-refractivity contribution in [3.8, 4) is 0 Å². The molecule has 0 aliphatic heterocycles. The van der Waals surface area contributed by atoms with E-state index in [0.717, 1.165) is 51.9 Å². The molecule has 0 aliphatic rings. The molecular formula is C17H36N2O2. The van der Waals surface area contributed by atoms with Crippen LogP contribution in [-0.2, 0) is 0 Å². The van der Waals surface area contributed by atoms with E-state index in [-0.39, 0.29) is 12.2 Å². The molecule has 0 aromatic rings. The van der Waals surface area contributed by atoms with Crippen molar-refractivity contribution in [2.45, 2.75) is 65.6 Å². The van der Waals surface area contributed by atoms with Crippen LogP contribution in [0.25, 0.3) is 0 Å². The van der Waals surface area contributed by atoms with E-state index < -0.39 is 0 Å². The first-order chi connectivity index (χ1) is 10.1.